The minimum Gasteiger partial charge on any atom is -0.455 e. The summed E-state index contributed by atoms with van der Waals surface area (Å²) in [5, 5.41) is 10.3. The molecule has 3 rings (SSSR count). The van der Waals surface area contributed by atoms with Crippen LogP contribution in [0.2, 0.25) is 0 Å². The van der Waals surface area contributed by atoms with Gasteiger partial charge in [-0.3, -0.25) is 14.9 Å². The summed E-state index contributed by atoms with van der Waals surface area (Å²) in [4.78, 5) is 36.5. The van der Waals surface area contributed by atoms with Crippen LogP contribution in [0.5, 0.6) is 0 Å². The largest absolute Gasteiger partial charge is 0.455 e. The minimum atomic E-state index is -0.666. The van der Waals surface area contributed by atoms with Crippen molar-refractivity contribution >= 4 is 47.1 Å². The van der Waals surface area contributed by atoms with Crippen molar-refractivity contribution in [1.29, 1.82) is 0 Å². The lowest BCUT2D eigenvalue weighted by Gasteiger charge is -2.20. The number of fused-ring (bicyclic) bond motifs is 1. The van der Waals surface area contributed by atoms with E-state index in [1.807, 2.05) is 18.2 Å². The number of carbonyl (C=O) groups excluding carboxylic acids is 3. The van der Waals surface area contributed by atoms with E-state index in [-0.39, 0.29) is 5.75 Å². The molecule has 0 bridgehead atoms. The van der Waals surface area contributed by atoms with Crippen LogP contribution < -0.4 is 16.0 Å². The number of amides is 3. The molecule has 3 N–H and O–H groups in total. The second-order valence-electron chi connectivity index (χ2n) is 8.29. The highest BCUT2D eigenvalue weighted by molar-refractivity contribution is 8.00. The van der Waals surface area contributed by atoms with E-state index in [1.54, 1.807) is 32.1 Å². The number of nitrogens with one attached hydrogen (secondary N) is 3. The highest BCUT2D eigenvalue weighted by Crippen LogP contribution is 2.35. The lowest BCUT2D eigenvalue weighted by Crippen LogP contribution is -2.49. The van der Waals surface area contributed by atoms with Crippen LogP contribution in [0.25, 0.3) is 17.2 Å². The van der Waals surface area contributed by atoms with Crippen LogP contribution in [0.3, 0.4) is 0 Å². The molecule has 0 spiro atoms. The van der Waals surface area contributed by atoms with Gasteiger partial charge in [0.05, 0.1) is 5.75 Å². The molecule has 1 aromatic carbocycles. The van der Waals surface area contributed by atoms with Crippen molar-refractivity contribution in [2.24, 2.45) is 0 Å². The molecule has 1 aromatic heterocycles. The Balaban J connectivity index is 1.40. The molecular formula is C23H27N3O4S2. The number of esters is 1. The average molecular weight is 474 g/mol. The summed E-state index contributed by atoms with van der Waals surface area (Å²) >= 11 is 3.12. The smallest absolute Gasteiger partial charge is 0.321 e. The summed E-state index contributed by atoms with van der Waals surface area (Å²) in [6.07, 6.45) is 2.12. The van der Waals surface area contributed by atoms with Gasteiger partial charge in [-0.05, 0) is 48.9 Å². The Kier molecular flexibility index (Phi) is 7.98. The van der Waals surface area contributed by atoms with Crippen molar-refractivity contribution in [2.75, 3.05) is 18.1 Å². The molecule has 2 aromatic rings. The monoisotopic (exact) mass is 473 g/mol. The Morgan fingerprint density at radius 1 is 1.19 bits per heavy atom. The summed E-state index contributed by atoms with van der Waals surface area (Å²) in [7, 11) is 0. The van der Waals surface area contributed by atoms with Crippen molar-refractivity contribution in [3.63, 3.8) is 0 Å². The fourth-order valence-corrected chi connectivity index (χ4v) is 4.85. The van der Waals surface area contributed by atoms with Crippen LogP contribution in [0.1, 0.15) is 31.2 Å². The molecule has 7 nitrogen and oxygen atoms in total. The zero-order chi connectivity index (χ0) is 23.1. The first kappa shape index (κ1) is 23.9. The summed E-state index contributed by atoms with van der Waals surface area (Å²) in [5.41, 5.74) is 4.33. The Morgan fingerprint density at radius 3 is 2.66 bits per heavy atom. The first-order valence-electron chi connectivity index (χ1n) is 10.2. The molecule has 170 valence electrons. The van der Waals surface area contributed by atoms with E-state index in [0.717, 1.165) is 12.2 Å². The fraction of sp³-hybridized carbons (Fsp3) is 0.348. The van der Waals surface area contributed by atoms with Crippen molar-refractivity contribution in [3.05, 3.63) is 51.8 Å². The van der Waals surface area contributed by atoms with E-state index in [2.05, 4.69) is 39.5 Å². The third-order valence-corrected chi connectivity index (χ3v) is 6.32. The first-order valence-corrected chi connectivity index (χ1v) is 12.2. The van der Waals surface area contributed by atoms with Gasteiger partial charge < -0.3 is 15.4 Å². The molecule has 1 aliphatic heterocycles. The van der Waals surface area contributed by atoms with E-state index in [1.165, 1.54) is 33.3 Å². The van der Waals surface area contributed by atoms with Gasteiger partial charge in [0.2, 0.25) is 0 Å². The SMILES string of the molecule is CC(C)(C)NC(=O)NC(=O)COC(=O)CSCC1=Cc2scc(-c3ccccc3)c2CN1. The van der Waals surface area contributed by atoms with Crippen molar-refractivity contribution in [1.82, 2.24) is 16.0 Å². The van der Waals surface area contributed by atoms with E-state index in [9.17, 15) is 14.4 Å². The number of imide groups is 1. The molecule has 0 fully saturated rings. The molecule has 0 radical (unpaired) electrons. The molecule has 0 saturated heterocycles. The molecular weight excluding hydrogens is 446 g/mol. The second kappa shape index (κ2) is 10.7. The predicted octanol–water partition coefficient (Wildman–Crippen LogP) is 3.76. The van der Waals surface area contributed by atoms with Gasteiger partial charge >= 0.3 is 12.0 Å². The number of rotatable bonds is 7. The molecule has 3 amide bonds. The summed E-state index contributed by atoms with van der Waals surface area (Å²) in [5.74, 6) is -0.414. The highest BCUT2D eigenvalue weighted by atomic mass is 32.2. The Hall–Kier alpha value is -2.78. The van der Waals surface area contributed by atoms with Crippen LogP contribution >= 0.6 is 23.1 Å². The maximum Gasteiger partial charge on any atom is 0.321 e. The summed E-state index contributed by atoms with van der Waals surface area (Å²) in [6, 6.07) is 9.69. The molecule has 32 heavy (non-hydrogen) atoms. The summed E-state index contributed by atoms with van der Waals surface area (Å²) in [6.45, 7) is 5.65. The molecule has 1 aliphatic rings. The average Bonchev–Trinajstić information content (AvgIpc) is 3.15. The number of benzene rings is 1. The molecule has 0 unspecified atom stereocenters. The molecule has 2 heterocycles. The van der Waals surface area contributed by atoms with Gasteiger partial charge in [-0.15, -0.1) is 23.1 Å². The van der Waals surface area contributed by atoms with Crippen LogP contribution in [0, 0.1) is 0 Å². The van der Waals surface area contributed by atoms with Gasteiger partial charge in [0, 0.05) is 28.4 Å². The zero-order valence-corrected chi connectivity index (χ0v) is 20.0. The minimum absolute atomic E-state index is 0.118. The Bertz CT molecular complexity index is 1010. The number of hydrogen-bond donors (Lipinski definition) is 3. The standard InChI is InChI=1S/C23H27N3O4S2/c1-23(2,3)26-22(29)25-20(27)11-30-21(28)14-31-12-16-9-19-17(10-24-16)18(13-32-19)15-7-5-4-6-8-15/h4-9,13,24H,10-12,14H2,1-3H3,(H2,25,26,27,29). The van der Waals surface area contributed by atoms with Gasteiger partial charge in [0.1, 0.15) is 0 Å². The lowest BCUT2D eigenvalue weighted by atomic mass is 10.0. The number of ether oxygens (including phenoxy) is 1. The Morgan fingerprint density at radius 2 is 1.94 bits per heavy atom. The summed E-state index contributed by atoms with van der Waals surface area (Å²) < 4.78 is 4.94. The Labute approximate surface area is 196 Å². The molecule has 0 saturated carbocycles. The number of thioether (sulfide) groups is 1. The number of carbonyl (C=O) groups is 3. The zero-order valence-electron chi connectivity index (χ0n) is 18.3. The normalized spacial score (nSPS) is 12.8. The van der Waals surface area contributed by atoms with Gasteiger partial charge in [0.15, 0.2) is 6.61 Å². The highest BCUT2D eigenvalue weighted by Gasteiger charge is 2.18. The number of urea groups is 1. The number of thiophene rings is 1. The van der Waals surface area contributed by atoms with Crippen molar-refractivity contribution in [3.8, 4) is 11.1 Å². The number of hydrogen-bond acceptors (Lipinski definition) is 7. The van der Waals surface area contributed by atoms with Crippen molar-refractivity contribution in [2.45, 2.75) is 32.9 Å². The van der Waals surface area contributed by atoms with Crippen LogP contribution in [-0.4, -0.2) is 41.6 Å². The lowest BCUT2D eigenvalue weighted by molar-refractivity contribution is -0.145. The second-order valence-corrected chi connectivity index (χ2v) is 10.2. The fourth-order valence-electron chi connectivity index (χ4n) is 3.03. The maximum absolute atomic E-state index is 11.9. The maximum atomic E-state index is 11.9. The van der Waals surface area contributed by atoms with Crippen LogP contribution in [0.15, 0.2) is 41.4 Å². The topological polar surface area (TPSA) is 96.5 Å². The molecule has 0 aliphatic carbocycles. The first-order chi connectivity index (χ1) is 15.2. The van der Waals surface area contributed by atoms with E-state index < -0.39 is 30.1 Å². The third-order valence-electron chi connectivity index (χ3n) is 4.39. The van der Waals surface area contributed by atoms with E-state index in [0.29, 0.717) is 5.75 Å². The van der Waals surface area contributed by atoms with E-state index >= 15 is 0 Å². The van der Waals surface area contributed by atoms with Crippen LogP contribution in [-0.2, 0) is 20.9 Å². The molecule has 0 atom stereocenters. The van der Waals surface area contributed by atoms with Gasteiger partial charge in [-0.2, -0.15) is 0 Å². The predicted molar refractivity (Wildman–Crippen MR) is 129 cm³/mol. The van der Waals surface area contributed by atoms with E-state index in [4.69, 9.17) is 4.74 Å². The van der Waals surface area contributed by atoms with Gasteiger partial charge in [0.25, 0.3) is 5.91 Å². The third kappa shape index (κ3) is 7.13. The van der Waals surface area contributed by atoms with Crippen LogP contribution in [0.4, 0.5) is 4.79 Å². The van der Waals surface area contributed by atoms with Gasteiger partial charge in [-0.1, -0.05) is 30.3 Å². The van der Waals surface area contributed by atoms with Crippen molar-refractivity contribution < 1.29 is 19.1 Å². The quantitative estimate of drug-likeness (QED) is 0.530. The molecule has 9 heteroatoms. The van der Waals surface area contributed by atoms with Gasteiger partial charge in [-0.25, -0.2) is 4.79 Å².